The molecule has 1 aromatic heterocycles. The molecule has 0 aliphatic heterocycles. The van der Waals surface area contributed by atoms with Gasteiger partial charge in [-0.1, -0.05) is 6.08 Å². The van der Waals surface area contributed by atoms with Gasteiger partial charge in [0, 0.05) is 6.54 Å². The minimum atomic E-state index is 0.465. The molecule has 3 nitrogen and oxygen atoms in total. The molecular weight excluding hydrogens is 164 g/mol. The topological polar surface area (TPSA) is 48.1 Å². The van der Waals surface area contributed by atoms with Crippen molar-refractivity contribution in [1.29, 1.82) is 0 Å². The Morgan fingerprint density at radius 3 is 2.92 bits per heavy atom. The second kappa shape index (κ2) is 5.32. The summed E-state index contributed by atoms with van der Waals surface area (Å²) < 4.78 is 5.37. The Morgan fingerprint density at radius 1 is 1.54 bits per heavy atom. The first kappa shape index (κ1) is 9.74. The minimum absolute atomic E-state index is 0.465. The molecule has 0 saturated carbocycles. The molecule has 0 radical (unpaired) electrons. The molecule has 1 rings (SSSR count). The fourth-order valence-electron chi connectivity index (χ4n) is 0.877. The molecule has 0 bridgehead atoms. The van der Waals surface area contributed by atoms with Crippen molar-refractivity contribution in [3.8, 4) is 5.75 Å². The van der Waals surface area contributed by atoms with Crippen LogP contribution in [0.25, 0.3) is 0 Å². The molecule has 1 heterocycles. The molecule has 0 aromatic carbocycles. The summed E-state index contributed by atoms with van der Waals surface area (Å²) >= 11 is 0. The van der Waals surface area contributed by atoms with Gasteiger partial charge >= 0.3 is 0 Å². The maximum absolute atomic E-state index is 5.40. The van der Waals surface area contributed by atoms with Crippen molar-refractivity contribution in [1.82, 2.24) is 4.98 Å². The number of rotatable bonds is 5. The molecule has 13 heavy (non-hydrogen) atoms. The smallest absolute Gasteiger partial charge is 0.137 e. The lowest BCUT2D eigenvalue weighted by atomic mass is 10.3. The van der Waals surface area contributed by atoms with Gasteiger partial charge in [0.15, 0.2) is 0 Å². The zero-order valence-corrected chi connectivity index (χ0v) is 7.57. The van der Waals surface area contributed by atoms with Crippen molar-refractivity contribution in [2.75, 3.05) is 6.61 Å². The highest BCUT2D eigenvalue weighted by Gasteiger charge is 1.93. The van der Waals surface area contributed by atoms with E-state index in [1.165, 1.54) is 0 Å². The number of pyridine rings is 1. The van der Waals surface area contributed by atoms with Crippen molar-refractivity contribution in [3.05, 3.63) is 36.7 Å². The van der Waals surface area contributed by atoms with Crippen molar-refractivity contribution in [3.63, 3.8) is 0 Å². The molecule has 0 aliphatic carbocycles. The first-order chi connectivity index (χ1) is 6.36. The summed E-state index contributed by atoms with van der Waals surface area (Å²) in [5, 5.41) is 0. The van der Waals surface area contributed by atoms with Crippen LogP contribution in [0.15, 0.2) is 31.0 Å². The standard InChI is InChI=1S/C10H14N2O/c1-2-3-6-13-10-5-4-9(7-11)12-8-10/h2,4-5,8H,1,3,6-7,11H2. The molecule has 70 valence electrons. The Hall–Kier alpha value is -1.35. The first-order valence-corrected chi connectivity index (χ1v) is 4.25. The van der Waals surface area contributed by atoms with E-state index in [2.05, 4.69) is 11.6 Å². The largest absolute Gasteiger partial charge is 0.492 e. The highest BCUT2D eigenvalue weighted by Crippen LogP contribution is 2.08. The maximum atomic E-state index is 5.40. The summed E-state index contributed by atoms with van der Waals surface area (Å²) in [5.41, 5.74) is 6.28. The van der Waals surface area contributed by atoms with E-state index in [1.807, 2.05) is 18.2 Å². The van der Waals surface area contributed by atoms with E-state index in [0.717, 1.165) is 17.9 Å². The van der Waals surface area contributed by atoms with Gasteiger partial charge in [0.05, 0.1) is 18.5 Å². The van der Waals surface area contributed by atoms with Crippen molar-refractivity contribution < 1.29 is 4.74 Å². The van der Waals surface area contributed by atoms with Crippen molar-refractivity contribution in [2.45, 2.75) is 13.0 Å². The van der Waals surface area contributed by atoms with Gasteiger partial charge in [-0.25, -0.2) is 0 Å². The lowest BCUT2D eigenvalue weighted by Gasteiger charge is -2.03. The average Bonchev–Trinajstić information content (AvgIpc) is 2.19. The van der Waals surface area contributed by atoms with Crippen LogP contribution in [0.5, 0.6) is 5.75 Å². The summed E-state index contributed by atoms with van der Waals surface area (Å²) in [4.78, 5) is 4.10. The van der Waals surface area contributed by atoms with Gasteiger partial charge in [0.2, 0.25) is 0 Å². The number of nitrogens with zero attached hydrogens (tertiary/aromatic N) is 1. The van der Waals surface area contributed by atoms with Crippen molar-refractivity contribution in [2.24, 2.45) is 5.73 Å². The van der Waals surface area contributed by atoms with Gasteiger partial charge < -0.3 is 10.5 Å². The average molecular weight is 178 g/mol. The molecule has 0 aliphatic rings. The van der Waals surface area contributed by atoms with Crippen LogP contribution in [-0.2, 0) is 6.54 Å². The normalized spacial score (nSPS) is 9.62. The molecule has 0 atom stereocenters. The fraction of sp³-hybridized carbons (Fsp3) is 0.300. The fourth-order valence-corrected chi connectivity index (χ4v) is 0.877. The van der Waals surface area contributed by atoms with Gasteiger partial charge in [-0.15, -0.1) is 6.58 Å². The molecule has 0 unspecified atom stereocenters. The van der Waals surface area contributed by atoms with Gasteiger partial charge in [-0.05, 0) is 18.6 Å². The first-order valence-electron chi connectivity index (χ1n) is 4.25. The number of aromatic nitrogens is 1. The second-order valence-electron chi connectivity index (χ2n) is 2.62. The maximum Gasteiger partial charge on any atom is 0.137 e. The molecule has 1 aromatic rings. The van der Waals surface area contributed by atoms with Gasteiger partial charge in [-0.3, -0.25) is 4.98 Å². The van der Waals surface area contributed by atoms with Crippen LogP contribution in [0.1, 0.15) is 12.1 Å². The summed E-state index contributed by atoms with van der Waals surface area (Å²) in [6.07, 6.45) is 4.35. The quantitative estimate of drug-likeness (QED) is 0.549. The van der Waals surface area contributed by atoms with E-state index in [1.54, 1.807) is 6.20 Å². The van der Waals surface area contributed by atoms with Crippen LogP contribution >= 0.6 is 0 Å². The molecule has 0 fully saturated rings. The second-order valence-corrected chi connectivity index (χ2v) is 2.62. The van der Waals surface area contributed by atoms with E-state index >= 15 is 0 Å². The highest BCUT2D eigenvalue weighted by atomic mass is 16.5. The van der Waals surface area contributed by atoms with Crippen LogP contribution in [0.4, 0.5) is 0 Å². The number of hydrogen-bond acceptors (Lipinski definition) is 3. The third-order valence-electron chi connectivity index (χ3n) is 1.60. The monoisotopic (exact) mass is 178 g/mol. The van der Waals surface area contributed by atoms with E-state index in [0.29, 0.717) is 13.2 Å². The Balaban J connectivity index is 2.44. The summed E-state index contributed by atoms with van der Waals surface area (Å²) in [6.45, 7) is 4.72. The Labute approximate surface area is 78.2 Å². The summed E-state index contributed by atoms with van der Waals surface area (Å²) in [7, 11) is 0. The lowest BCUT2D eigenvalue weighted by Crippen LogP contribution is -2.00. The predicted octanol–water partition coefficient (Wildman–Crippen LogP) is 1.50. The summed E-state index contributed by atoms with van der Waals surface area (Å²) in [6, 6.07) is 3.74. The predicted molar refractivity (Wildman–Crippen MR) is 52.4 cm³/mol. The van der Waals surface area contributed by atoms with E-state index in [9.17, 15) is 0 Å². The SMILES string of the molecule is C=CCCOc1ccc(CN)nc1. The molecule has 3 heteroatoms. The highest BCUT2D eigenvalue weighted by molar-refractivity contribution is 5.19. The van der Waals surface area contributed by atoms with Gasteiger partial charge in [0.1, 0.15) is 5.75 Å². The zero-order valence-electron chi connectivity index (χ0n) is 7.57. The van der Waals surface area contributed by atoms with Crippen LogP contribution in [0.2, 0.25) is 0 Å². The van der Waals surface area contributed by atoms with E-state index in [4.69, 9.17) is 10.5 Å². The van der Waals surface area contributed by atoms with Crippen LogP contribution in [0.3, 0.4) is 0 Å². The van der Waals surface area contributed by atoms with Gasteiger partial charge in [0.25, 0.3) is 0 Å². The van der Waals surface area contributed by atoms with Crippen LogP contribution in [-0.4, -0.2) is 11.6 Å². The van der Waals surface area contributed by atoms with Gasteiger partial charge in [-0.2, -0.15) is 0 Å². The molecule has 0 spiro atoms. The molecular formula is C10H14N2O. The van der Waals surface area contributed by atoms with Crippen LogP contribution in [0, 0.1) is 0 Å². The minimum Gasteiger partial charge on any atom is -0.492 e. The van der Waals surface area contributed by atoms with Crippen molar-refractivity contribution >= 4 is 0 Å². The number of hydrogen-bond donors (Lipinski definition) is 1. The van der Waals surface area contributed by atoms with E-state index in [-0.39, 0.29) is 0 Å². The van der Waals surface area contributed by atoms with Crippen LogP contribution < -0.4 is 10.5 Å². The third kappa shape index (κ3) is 3.25. The molecule has 0 saturated heterocycles. The Morgan fingerprint density at radius 2 is 2.38 bits per heavy atom. The zero-order chi connectivity index (χ0) is 9.52. The Bertz CT molecular complexity index is 256. The lowest BCUT2D eigenvalue weighted by molar-refractivity contribution is 0.323. The number of ether oxygens (including phenoxy) is 1. The molecule has 2 N–H and O–H groups in total. The summed E-state index contributed by atoms with van der Waals surface area (Å²) in [5.74, 6) is 0.777. The molecule has 0 amide bonds. The van der Waals surface area contributed by atoms with E-state index < -0.39 is 0 Å². The number of nitrogens with two attached hydrogens (primary N) is 1. The Kier molecular flexibility index (Phi) is 3.99. The third-order valence-corrected chi connectivity index (χ3v) is 1.60.